The van der Waals surface area contributed by atoms with Gasteiger partial charge in [-0.1, -0.05) is 91.0 Å². The molecule has 198 valence electrons. The fourth-order valence-electron chi connectivity index (χ4n) is 4.65. The molecule has 0 aliphatic heterocycles. The van der Waals surface area contributed by atoms with Gasteiger partial charge in [0.2, 0.25) is 0 Å². The van der Waals surface area contributed by atoms with Crippen LogP contribution in [-0.2, 0) is 16.4 Å². The number of benzene rings is 4. The van der Waals surface area contributed by atoms with Crippen LogP contribution in [0.2, 0.25) is 0 Å². The summed E-state index contributed by atoms with van der Waals surface area (Å²) >= 11 is 0. The number of amides is 1. The van der Waals surface area contributed by atoms with E-state index in [2.05, 4.69) is 41.1 Å². The van der Waals surface area contributed by atoms with Crippen molar-refractivity contribution >= 4 is 26.8 Å². The number of aromatic nitrogens is 1. The van der Waals surface area contributed by atoms with Crippen LogP contribution in [0.1, 0.15) is 38.7 Å². The molecule has 4 aromatic carbocycles. The van der Waals surface area contributed by atoms with Crippen molar-refractivity contribution in [1.82, 2.24) is 9.29 Å². The highest BCUT2D eigenvalue weighted by Crippen LogP contribution is 2.33. The Morgan fingerprint density at radius 3 is 1.87 bits per heavy atom. The summed E-state index contributed by atoms with van der Waals surface area (Å²) < 4.78 is 63.7. The number of para-hydroxylation sites is 1. The van der Waals surface area contributed by atoms with Crippen LogP contribution in [0, 0.1) is 0 Å². The zero-order valence-electron chi connectivity index (χ0n) is 20.5. The topological polar surface area (TPSA) is 68.2 Å². The largest absolute Gasteiger partial charge is 0.516 e. The molecule has 0 saturated heterocycles. The standard InChI is InChI=1S/C30H23F3N2O3S/c31-30(32,33)39(37,38)34-29(36)24-17-15-21(16-18-24)19-25-20-35(27-14-8-7-13-26(25)27)28(22-9-3-1-4-10-22)23-11-5-2-6-12-23/h1-18,20,28H,19H2,(H,34,36). The van der Waals surface area contributed by atoms with E-state index in [0.29, 0.717) is 6.42 Å². The van der Waals surface area contributed by atoms with E-state index in [1.54, 1.807) is 12.1 Å². The first-order chi connectivity index (χ1) is 18.6. The van der Waals surface area contributed by atoms with E-state index in [9.17, 15) is 26.4 Å². The van der Waals surface area contributed by atoms with Crippen LogP contribution in [0.4, 0.5) is 13.2 Å². The van der Waals surface area contributed by atoms with E-state index in [1.165, 1.54) is 12.1 Å². The Balaban J connectivity index is 1.48. The van der Waals surface area contributed by atoms with E-state index in [0.717, 1.165) is 37.9 Å². The number of nitrogens with zero attached hydrogens (tertiary/aromatic N) is 1. The van der Waals surface area contributed by atoms with Crippen LogP contribution in [0.3, 0.4) is 0 Å². The molecule has 5 rings (SSSR count). The monoisotopic (exact) mass is 548 g/mol. The lowest BCUT2D eigenvalue weighted by atomic mass is 9.98. The van der Waals surface area contributed by atoms with Gasteiger partial charge in [-0.3, -0.25) is 4.79 Å². The van der Waals surface area contributed by atoms with Gasteiger partial charge >= 0.3 is 15.5 Å². The summed E-state index contributed by atoms with van der Waals surface area (Å²) in [6, 6.07) is 34.2. The third kappa shape index (κ3) is 5.44. The summed E-state index contributed by atoms with van der Waals surface area (Å²) in [7, 11) is -5.78. The van der Waals surface area contributed by atoms with E-state index >= 15 is 0 Å². The zero-order valence-corrected chi connectivity index (χ0v) is 21.3. The van der Waals surface area contributed by atoms with Crippen LogP contribution in [0.15, 0.2) is 115 Å². The number of alkyl halides is 3. The molecular weight excluding hydrogens is 525 g/mol. The first-order valence-corrected chi connectivity index (χ1v) is 13.5. The Bertz CT molecular complexity index is 1680. The second kappa shape index (κ2) is 10.4. The fourth-order valence-corrected chi connectivity index (χ4v) is 5.13. The van der Waals surface area contributed by atoms with Gasteiger partial charge in [0.25, 0.3) is 5.91 Å². The molecule has 0 saturated carbocycles. The second-order valence-corrected chi connectivity index (χ2v) is 10.7. The normalized spacial score (nSPS) is 12.1. The minimum Gasteiger partial charge on any atom is -0.336 e. The Morgan fingerprint density at radius 2 is 1.31 bits per heavy atom. The average Bonchev–Trinajstić information content (AvgIpc) is 3.27. The molecule has 5 nitrogen and oxygen atoms in total. The number of nitrogens with one attached hydrogen (secondary N) is 1. The molecule has 0 radical (unpaired) electrons. The van der Waals surface area contributed by atoms with Gasteiger partial charge in [-0.05, 0) is 46.9 Å². The maximum Gasteiger partial charge on any atom is 0.516 e. The van der Waals surface area contributed by atoms with Gasteiger partial charge in [-0.25, -0.2) is 4.72 Å². The number of carbonyl (C=O) groups is 1. The molecule has 1 N–H and O–H groups in total. The molecule has 5 aromatic rings. The molecule has 0 unspecified atom stereocenters. The van der Waals surface area contributed by atoms with Gasteiger partial charge in [0.1, 0.15) is 0 Å². The Morgan fingerprint density at radius 1 is 0.769 bits per heavy atom. The average molecular weight is 549 g/mol. The molecule has 0 aliphatic carbocycles. The van der Waals surface area contributed by atoms with Gasteiger partial charge in [0.05, 0.1) is 6.04 Å². The third-order valence-corrected chi connectivity index (χ3v) is 7.54. The number of halogens is 3. The lowest BCUT2D eigenvalue weighted by Crippen LogP contribution is -2.40. The first-order valence-electron chi connectivity index (χ1n) is 12.0. The van der Waals surface area contributed by atoms with Crippen molar-refractivity contribution in [1.29, 1.82) is 0 Å². The summed E-state index contributed by atoms with van der Waals surface area (Å²) in [5, 5.41) is 1.05. The van der Waals surface area contributed by atoms with Gasteiger partial charge in [-0.2, -0.15) is 21.6 Å². The second-order valence-electron chi connectivity index (χ2n) is 9.06. The van der Waals surface area contributed by atoms with Crippen molar-refractivity contribution in [3.05, 3.63) is 143 Å². The Labute approximate surface area is 223 Å². The summed E-state index contributed by atoms with van der Waals surface area (Å²) in [5.74, 6) is -1.34. The Kier molecular flexibility index (Phi) is 7.01. The number of hydrogen-bond acceptors (Lipinski definition) is 3. The maximum atomic E-state index is 12.6. The highest BCUT2D eigenvalue weighted by molar-refractivity contribution is 7.90. The maximum absolute atomic E-state index is 12.6. The first kappa shape index (κ1) is 26.2. The number of hydrogen-bond donors (Lipinski definition) is 1. The molecule has 1 aromatic heterocycles. The molecule has 0 spiro atoms. The van der Waals surface area contributed by atoms with Crippen molar-refractivity contribution in [3.63, 3.8) is 0 Å². The van der Waals surface area contributed by atoms with E-state index in [4.69, 9.17) is 0 Å². The summed E-state index contributed by atoms with van der Waals surface area (Å²) in [6.45, 7) is 0. The lowest BCUT2D eigenvalue weighted by molar-refractivity contribution is -0.0446. The minimum atomic E-state index is -5.78. The summed E-state index contributed by atoms with van der Waals surface area (Å²) in [5.41, 5.74) is -0.640. The van der Waals surface area contributed by atoms with Gasteiger partial charge in [-0.15, -0.1) is 0 Å². The highest BCUT2D eigenvalue weighted by Gasteiger charge is 2.47. The molecule has 1 heterocycles. The number of rotatable bonds is 7. The summed E-state index contributed by atoms with van der Waals surface area (Å²) in [6.07, 6.45) is 2.60. The van der Waals surface area contributed by atoms with Crippen molar-refractivity contribution in [2.75, 3.05) is 0 Å². The van der Waals surface area contributed by atoms with E-state index < -0.39 is 21.4 Å². The van der Waals surface area contributed by atoms with Crippen molar-refractivity contribution in [2.24, 2.45) is 0 Å². The number of carbonyl (C=O) groups excluding carboxylic acids is 1. The van der Waals surface area contributed by atoms with Gasteiger partial charge in [0, 0.05) is 22.7 Å². The molecular formula is C30H23F3N2O3S. The molecule has 0 atom stereocenters. The fraction of sp³-hybridized carbons (Fsp3) is 0.100. The van der Waals surface area contributed by atoms with Crippen molar-refractivity contribution in [2.45, 2.75) is 18.0 Å². The van der Waals surface area contributed by atoms with Gasteiger partial charge in [0.15, 0.2) is 0 Å². The molecule has 0 aliphatic rings. The molecule has 0 bridgehead atoms. The SMILES string of the molecule is O=C(NS(=O)(=O)C(F)(F)F)c1ccc(Cc2cn(C(c3ccccc3)c3ccccc3)c3ccccc23)cc1. The van der Waals surface area contributed by atoms with Gasteiger partial charge < -0.3 is 4.57 Å². The number of sulfonamides is 1. The third-order valence-electron chi connectivity index (χ3n) is 6.47. The van der Waals surface area contributed by atoms with Crippen LogP contribution in [0.25, 0.3) is 10.9 Å². The number of fused-ring (bicyclic) bond motifs is 1. The van der Waals surface area contributed by atoms with E-state index in [-0.39, 0.29) is 11.6 Å². The van der Waals surface area contributed by atoms with E-state index in [1.807, 2.05) is 54.6 Å². The smallest absolute Gasteiger partial charge is 0.336 e. The molecule has 0 fully saturated rings. The van der Waals surface area contributed by atoms with Crippen LogP contribution in [0.5, 0.6) is 0 Å². The summed E-state index contributed by atoms with van der Waals surface area (Å²) in [4.78, 5) is 12.1. The van der Waals surface area contributed by atoms with Crippen molar-refractivity contribution < 1.29 is 26.4 Å². The van der Waals surface area contributed by atoms with Crippen molar-refractivity contribution in [3.8, 4) is 0 Å². The van der Waals surface area contributed by atoms with Crippen LogP contribution in [-0.4, -0.2) is 24.4 Å². The van der Waals surface area contributed by atoms with Crippen LogP contribution >= 0.6 is 0 Å². The molecule has 39 heavy (non-hydrogen) atoms. The molecule has 1 amide bonds. The quantitative estimate of drug-likeness (QED) is 0.254. The predicted octanol–water partition coefficient (Wildman–Crippen LogP) is 6.45. The Hall–Kier alpha value is -4.37. The van der Waals surface area contributed by atoms with Crippen LogP contribution < -0.4 is 4.72 Å². The zero-order chi connectivity index (χ0) is 27.6. The molecule has 9 heteroatoms. The predicted molar refractivity (Wildman–Crippen MR) is 144 cm³/mol. The minimum absolute atomic E-state index is 0.0762. The highest BCUT2D eigenvalue weighted by atomic mass is 32.2. The lowest BCUT2D eigenvalue weighted by Gasteiger charge is -2.21.